The van der Waals surface area contributed by atoms with Gasteiger partial charge in [-0.25, -0.2) is 15.6 Å². The second kappa shape index (κ2) is 6.10. The maximum Gasteiger partial charge on any atom is 0.336 e. The molecule has 0 spiro atoms. The molecule has 0 unspecified atom stereocenters. The van der Waals surface area contributed by atoms with E-state index in [0.29, 0.717) is 17.1 Å². The molecule has 6 nitrogen and oxygen atoms in total. The molecule has 0 radical (unpaired) electrons. The van der Waals surface area contributed by atoms with Crippen LogP contribution in [0.3, 0.4) is 0 Å². The minimum absolute atomic E-state index is 0.0362. The summed E-state index contributed by atoms with van der Waals surface area (Å²) in [5.74, 6) is 5.96. The van der Waals surface area contributed by atoms with Gasteiger partial charge in [-0.05, 0) is 48.9 Å². The fourth-order valence-corrected chi connectivity index (χ4v) is 2.90. The predicted octanol–water partition coefficient (Wildman–Crippen LogP) is 2.68. The normalized spacial score (nSPS) is 15.8. The summed E-state index contributed by atoms with van der Waals surface area (Å²) >= 11 is 0. The van der Waals surface area contributed by atoms with Crippen LogP contribution in [0.5, 0.6) is 0 Å². The van der Waals surface area contributed by atoms with Gasteiger partial charge in [-0.15, -0.1) is 0 Å². The molecule has 1 aliphatic carbocycles. The van der Waals surface area contributed by atoms with Gasteiger partial charge in [-0.2, -0.15) is 0 Å². The molecular formula is C17H19N5O. The van der Waals surface area contributed by atoms with Gasteiger partial charge in [-0.3, -0.25) is 4.99 Å². The number of benzene rings is 2. The number of aliphatic imine (C=N–C) groups is 1. The number of hydrogen-bond donors (Lipinski definition) is 3. The zero-order valence-corrected chi connectivity index (χ0v) is 12.7. The number of nitrogen functional groups attached to an aromatic ring is 1. The molecule has 5 N–H and O–H groups in total. The van der Waals surface area contributed by atoms with Crippen LogP contribution in [0, 0.1) is 0 Å². The van der Waals surface area contributed by atoms with E-state index < -0.39 is 6.03 Å². The summed E-state index contributed by atoms with van der Waals surface area (Å²) in [4.78, 5) is 16.4. The third kappa shape index (κ3) is 2.89. The Morgan fingerprint density at radius 3 is 2.87 bits per heavy atom. The van der Waals surface area contributed by atoms with Crippen LogP contribution in [0.2, 0.25) is 0 Å². The first-order chi connectivity index (χ1) is 11.1. The smallest absolute Gasteiger partial charge is 0.336 e. The highest BCUT2D eigenvalue weighted by Gasteiger charge is 2.25. The number of aryl methyl sites for hydroxylation is 1. The molecule has 0 bridgehead atoms. The van der Waals surface area contributed by atoms with Crippen LogP contribution < -0.4 is 21.9 Å². The lowest BCUT2D eigenvalue weighted by Crippen LogP contribution is -2.45. The van der Waals surface area contributed by atoms with E-state index in [9.17, 15) is 4.79 Å². The largest absolute Gasteiger partial charge is 0.399 e. The number of rotatable bonds is 3. The number of fused-ring (bicyclic) bond motifs is 1. The van der Waals surface area contributed by atoms with Gasteiger partial charge in [0.15, 0.2) is 0 Å². The van der Waals surface area contributed by atoms with E-state index in [1.54, 1.807) is 18.2 Å². The molecule has 23 heavy (non-hydrogen) atoms. The van der Waals surface area contributed by atoms with Gasteiger partial charge in [0.05, 0.1) is 17.4 Å². The van der Waals surface area contributed by atoms with Gasteiger partial charge in [0.2, 0.25) is 0 Å². The molecule has 0 heterocycles. The molecule has 2 aromatic rings. The summed E-state index contributed by atoms with van der Waals surface area (Å²) in [5, 5.41) is 3.99. The van der Waals surface area contributed by atoms with Crippen molar-refractivity contribution in [2.75, 3.05) is 10.7 Å². The Labute approximate surface area is 134 Å². The Morgan fingerprint density at radius 2 is 2.09 bits per heavy atom. The number of nitrogens with zero attached hydrogens (tertiary/aromatic N) is 2. The Hall–Kier alpha value is -2.86. The summed E-state index contributed by atoms with van der Waals surface area (Å²) < 4.78 is 0. The molecule has 2 amide bonds. The summed E-state index contributed by atoms with van der Waals surface area (Å²) in [6.07, 6.45) is 1.81. The second-order valence-electron chi connectivity index (χ2n) is 5.52. The van der Waals surface area contributed by atoms with Crippen molar-refractivity contribution < 1.29 is 4.79 Å². The van der Waals surface area contributed by atoms with E-state index in [1.165, 1.54) is 5.56 Å². The number of hydrazine groups is 1. The molecule has 0 saturated carbocycles. The quantitative estimate of drug-likeness (QED) is 0.267. The van der Waals surface area contributed by atoms with Gasteiger partial charge in [0.25, 0.3) is 0 Å². The first kappa shape index (κ1) is 15.1. The van der Waals surface area contributed by atoms with Crippen molar-refractivity contribution in [2.24, 2.45) is 10.8 Å². The average Bonchev–Trinajstić information content (AvgIpc) is 2.97. The predicted molar refractivity (Wildman–Crippen MR) is 92.8 cm³/mol. The van der Waals surface area contributed by atoms with Crippen molar-refractivity contribution in [1.29, 1.82) is 0 Å². The SMILES string of the molecule is C=Nc1ccc(N)cc1N(N)C(=O)N[C@@H]1CCc2ccccc21. The van der Waals surface area contributed by atoms with Crippen molar-refractivity contribution >= 4 is 29.8 Å². The number of carbonyl (C=O) groups is 1. The lowest BCUT2D eigenvalue weighted by atomic mass is 10.1. The Morgan fingerprint density at radius 1 is 1.30 bits per heavy atom. The Kier molecular flexibility index (Phi) is 3.99. The van der Waals surface area contributed by atoms with Crippen LogP contribution in [0.4, 0.5) is 21.9 Å². The molecule has 2 aromatic carbocycles. The summed E-state index contributed by atoms with van der Waals surface area (Å²) in [6.45, 7) is 3.49. The fourth-order valence-electron chi connectivity index (χ4n) is 2.90. The molecule has 1 aliphatic rings. The maximum absolute atomic E-state index is 12.5. The van der Waals surface area contributed by atoms with E-state index in [1.807, 2.05) is 18.2 Å². The van der Waals surface area contributed by atoms with Crippen LogP contribution in [0.25, 0.3) is 0 Å². The summed E-state index contributed by atoms with van der Waals surface area (Å²) in [7, 11) is 0. The average molecular weight is 309 g/mol. The van der Waals surface area contributed by atoms with E-state index in [2.05, 4.69) is 23.1 Å². The number of urea groups is 1. The maximum atomic E-state index is 12.5. The molecule has 0 saturated heterocycles. The lowest BCUT2D eigenvalue weighted by Gasteiger charge is -2.22. The number of amides is 2. The summed E-state index contributed by atoms with van der Waals surface area (Å²) in [6, 6.07) is 12.6. The standard InChI is InChI=1S/C17H19N5O/c1-20-15-9-7-12(18)10-16(15)22(19)17(23)21-14-8-6-11-4-2-3-5-13(11)14/h2-5,7,9-10,14H,1,6,8,18-19H2,(H,21,23)/t14-/m1/s1. The topological polar surface area (TPSA) is 96.7 Å². The number of anilines is 2. The molecule has 1 atom stereocenters. The molecule has 0 aromatic heterocycles. The third-order valence-electron chi connectivity index (χ3n) is 4.08. The summed E-state index contributed by atoms with van der Waals surface area (Å²) in [5.41, 5.74) is 9.60. The first-order valence-corrected chi connectivity index (χ1v) is 7.39. The van der Waals surface area contributed by atoms with E-state index in [0.717, 1.165) is 23.4 Å². The molecule has 0 fully saturated rings. The van der Waals surface area contributed by atoms with Gasteiger partial charge in [0.1, 0.15) is 0 Å². The van der Waals surface area contributed by atoms with Crippen LogP contribution in [-0.2, 0) is 6.42 Å². The minimum Gasteiger partial charge on any atom is -0.399 e. The molecule has 6 heteroatoms. The molecule has 3 rings (SSSR count). The van der Waals surface area contributed by atoms with Crippen LogP contribution in [0.15, 0.2) is 47.5 Å². The highest BCUT2D eigenvalue weighted by Crippen LogP contribution is 2.32. The number of hydrogen-bond acceptors (Lipinski definition) is 4. The Balaban J connectivity index is 1.79. The van der Waals surface area contributed by atoms with Gasteiger partial charge >= 0.3 is 6.03 Å². The van der Waals surface area contributed by atoms with E-state index >= 15 is 0 Å². The second-order valence-corrected chi connectivity index (χ2v) is 5.52. The van der Waals surface area contributed by atoms with Crippen LogP contribution in [0.1, 0.15) is 23.6 Å². The zero-order valence-electron chi connectivity index (χ0n) is 12.7. The molecule has 118 valence electrons. The van der Waals surface area contributed by atoms with Crippen LogP contribution in [-0.4, -0.2) is 12.7 Å². The number of nitrogens with one attached hydrogen (secondary N) is 1. The van der Waals surface area contributed by atoms with Crippen molar-refractivity contribution in [2.45, 2.75) is 18.9 Å². The first-order valence-electron chi connectivity index (χ1n) is 7.39. The van der Waals surface area contributed by atoms with Gasteiger partial charge in [-0.1, -0.05) is 24.3 Å². The third-order valence-corrected chi connectivity index (χ3v) is 4.08. The van der Waals surface area contributed by atoms with Gasteiger partial charge in [0, 0.05) is 5.69 Å². The van der Waals surface area contributed by atoms with Crippen molar-refractivity contribution in [3.05, 3.63) is 53.6 Å². The van der Waals surface area contributed by atoms with Crippen molar-refractivity contribution in [3.63, 3.8) is 0 Å². The van der Waals surface area contributed by atoms with Gasteiger partial charge < -0.3 is 11.1 Å². The van der Waals surface area contributed by atoms with E-state index in [4.69, 9.17) is 11.6 Å². The number of nitrogens with two attached hydrogens (primary N) is 2. The molecule has 0 aliphatic heterocycles. The zero-order chi connectivity index (χ0) is 16.4. The van der Waals surface area contributed by atoms with Crippen LogP contribution >= 0.6 is 0 Å². The monoisotopic (exact) mass is 309 g/mol. The van der Waals surface area contributed by atoms with Crippen molar-refractivity contribution in [3.8, 4) is 0 Å². The highest BCUT2D eigenvalue weighted by atomic mass is 16.2. The molecular weight excluding hydrogens is 290 g/mol. The highest BCUT2D eigenvalue weighted by molar-refractivity contribution is 5.95. The number of carbonyl (C=O) groups excluding carboxylic acids is 1. The minimum atomic E-state index is -0.401. The fraction of sp³-hybridized carbons (Fsp3) is 0.176. The van der Waals surface area contributed by atoms with Crippen molar-refractivity contribution in [1.82, 2.24) is 5.32 Å². The Bertz CT molecular complexity index is 758. The van der Waals surface area contributed by atoms with E-state index in [-0.39, 0.29) is 6.04 Å². The lowest BCUT2D eigenvalue weighted by molar-refractivity contribution is 0.242.